The van der Waals surface area contributed by atoms with Crippen LogP contribution < -0.4 is 0 Å². The van der Waals surface area contributed by atoms with Crippen LogP contribution in [0.1, 0.15) is 40.0 Å². The molecule has 5 nitrogen and oxygen atoms in total. The molecule has 96 valence electrons. The summed E-state index contributed by atoms with van der Waals surface area (Å²) in [7, 11) is 0. The molecule has 2 atom stereocenters. The molecule has 3 rings (SSSR count). The smallest absolute Gasteiger partial charge is 0.410 e. The van der Waals surface area contributed by atoms with Crippen molar-refractivity contribution in [3.8, 4) is 0 Å². The number of rotatable bonds is 0. The molecule has 3 aliphatic rings. The number of nitrogens with zero attached hydrogens (tertiary/aromatic N) is 2. The lowest BCUT2D eigenvalue weighted by atomic mass is 9.78. The van der Waals surface area contributed by atoms with Crippen molar-refractivity contribution < 1.29 is 14.7 Å². The normalized spacial score (nSPS) is 30.8. The fraction of sp³-hybridized carbons (Fsp3) is 0.833. The van der Waals surface area contributed by atoms with Crippen LogP contribution in [-0.2, 0) is 4.74 Å². The Hall–Kier alpha value is -1.26. The van der Waals surface area contributed by atoms with Crippen LogP contribution in [0.25, 0.3) is 0 Å². The SMILES string of the molecule is CC(C)(C)OC(=O)N1C[C@@H]2CC[C@H]1C/C2=N\O. The Morgan fingerprint density at radius 3 is 2.65 bits per heavy atom. The van der Waals surface area contributed by atoms with Gasteiger partial charge in [0.15, 0.2) is 0 Å². The maximum atomic E-state index is 12.0. The Morgan fingerprint density at radius 1 is 1.47 bits per heavy atom. The van der Waals surface area contributed by atoms with Gasteiger partial charge in [-0.05, 0) is 33.6 Å². The number of carbonyl (C=O) groups is 1. The first-order valence-electron chi connectivity index (χ1n) is 6.11. The molecule has 0 radical (unpaired) electrons. The van der Waals surface area contributed by atoms with Crippen LogP contribution in [0.4, 0.5) is 4.79 Å². The molecule has 3 fully saturated rings. The molecular weight excluding hydrogens is 220 g/mol. The first-order valence-corrected chi connectivity index (χ1v) is 6.11. The highest BCUT2D eigenvalue weighted by Gasteiger charge is 2.42. The maximum Gasteiger partial charge on any atom is 0.410 e. The van der Waals surface area contributed by atoms with Crippen molar-refractivity contribution in [3.63, 3.8) is 0 Å². The quantitative estimate of drug-likeness (QED) is 0.521. The second-order valence-corrected chi connectivity index (χ2v) is 5.86. The molecule has 1 aliphatic carbocycles. The van der Waals surface area contributed by atoms with Crippen LogP contribution in [0.2, 0.25) is 0 Å². The van der Waals surface area contributed by atoms with Crippen molar-refractivity contribution in [3.05, 3.63) is 0 Å². The highest BCUT2D eigenvalue weighted by Crippen LogP contribution is 2.34. The first-order chi connectivity index (χ1) is 7.90. The van der Waals surface area contributed by atoms with E-state index in [2.05, 4.69) is 5.16 Å². The van der Waals surface area contributed by atoms with E-state index in [1.165, 1.54) is 0 Å². The van der Waals surface area contributed by atoms with Gasteiger partial charge in [-0.25, -0.2) is 4.79 Å². The zero-order chi connectivity index (χ0) is 12.6. The third-order valence-corrected chi connectivity index (χ3v) is 3.38. The molecule has 2 heterocycles. The standard InChI is InChI=1S/C12H20N2O3/c1-12(2,3)17-11(15)14-7-8-4-5-9(14)6-10(8)13-16/h8-9,16H,4-7H2,1-3H3/b13-10+/t8-,9-/m0/s1. The monoisotopic (exact) mass is 240 g/mol. The average Bonchev–Trinajstić information content (AvgIpc) is 2.27. The summed E-state index contributed by atoms with van der Waals surface area (Å²) >= 11 is 0. The Labute approximate surface area is 101 Å². The van der Waals surface area contributed by atoms with E-state index >= 15 is 0 Å². The van der Waals surface area contributed by atoms with Crippen LogP contribution in [0, 0.1) is 5.92 Å². The van der Waals surface area contributed by atoms with E-state index in [0.29, 0.717) is 13.0 Å². The molecule has 0 aromatic heterocycles. The molecule has 0 unspecified atom stereocenters. The van der Waals surface area contributed by atoms with Crippen LogP contribution in [-0.4, -0.2) is 40.1 Å². The van der Waals surface area contributed by atoms with Gasteiger partial charge in [-0.3, -0.25) is 0 Å². The van der Waals surface area contributed by atoms with Gasteiger partial charge in [-0.15, -0.1) is 0 Å². The first kappa shape index (κ1) is 12.2. The van der Waals surface area contributed by atoms with Gasteiger partial charge in [0.25, 0.3) is 0 Å². The van der Waals surface area contributed by atoms with Gasteiger partial charge < -0.3 is 14.8 Å². The van der Waals surface area contributed by atoms with Crippen molar-refractivity contribution >= 4 is 11.8 Å². The van der Waals surface area contributed by atoms with Gasteiger partial charge in [0, 0.05) is 24.9 Å². The van der Waals surface area contributed by atoms with Crippen molar-refractivity contribution in [1.29, 1.82) is 0 Å². The average molecular weight is 240 g/mol. The number of hydrogen-bond acceptors (Lipinski definition) is 4. The predicted molar refractivity (Wildman–Crippen MR) is 63.3 cm³/mol. The van der Waals surface area contributed by atoms with Crippen LogP contribution in [0.15, 0.2) is 5.16 Å². The summed E-state index contributed by atoms with van der Waals surface area (Å²) < 4.78 is 5.38. The molecule has 17 heavy (non-hydrogen) atoms. The second-order valence-electron chi connectivity index (χ2n) is 5.86. The predicted octanol–water partition coefficient (Wildman–Crippen LogP) is 2.24. The summed E-state index contributed by atoms with van der Waals surface area (Å²) in [6.45, 7) is 6.23. The lowest BCUT2D eigenvalue weighted by Crippen LogP contribution is -2.55. The van der Waals surface area contributed by atoms with Crippen molar-refractivity contribution in [1.82, 2.24) is 4.90 Å². The summed E-state index contributed by atoms with van der Waals surface area (Å²) in [6, 6.07) is 0.140. The minimum Gasteiger partial charge on any atom is -0.444 e. The molecule has 2 bridgehead atoms. The molecule has 0 spiro atoms. The van der Waals surface area contributed by atoms with E-state index in [4.69, 9.17) is 9.94 Å². The number of ether oxygens (including phenoxy) is 1. The molecule has 1 N–H and O–H groups in total. The largest absolute Gasteiger partial charge is 0.444 e. The van der Waals surface area contributed by atoms with Crippen molar-refractivity contribution in [2.75, 3.05) is 6.54 Å². The highest BCUT2D eigenvalue weighted by atomic mass is 16.6. The molecule has 0 aromatic carbocycles. The summed E-state index contributed by atoms with van der Waals surface area (Å²) in [5, 5.41) is 12.2. The minimum absolute atomic E-state index is 0.140. The number of fused-ring (bicyclic) bond motifs is 3. The van der Waals surface area contributed by atoms with Gasteiger partial charge in [0.05, 0.1) is 5.71 Å². The van der Waals surface area contributed by atoms with Crippen molar-refractivity contribution in [2.24, 2.45) is 11.1 Å². The van der Waals surface area contributed by atoms with Gasteiger partial charge in [-0.2, -0.15) is 0 Å². The zero-order valence-corrected chi connectivity index (χ0v) is 10.6. The van der Waals surface area contributed by atoms with Gasteiger partial charge in [-0.1, -0.05) is 5.16 Å². The van der Waals surface area contributed by atoms with Gasteiger partial charge in [0.1, 0.15) is 5.60 Å². The summed E-state index contributed by atoms with van der Waals surface area (Å²) in [5.74, 6) is 0.206. The lowest BCUT2D eigenvalue weighted by Gasteiger charge is -2.45. The van der Waals surface area contributed by atoms with E-state index in [0.717, 1.165) is 18.6 Å². The summed E-state index contributed by atoms with van der Waals surface area (Å²) in [6.07, 6.45) is 2.41. The Bertz CT molecular complexity index is 346. The van der Waals surface area contributed by atoms with Crippen LogP contribution in [0.5, 0.6) is 0 Å². The molecule has 1 saturated carbocycles. The van der Waals surface area contributed by atoms with E-state index < -0.39 is 5.60 Å². The minimum atomic E-state index is -0.457. The fourth-order valence-electron chi connectivity index (χ4n) is 2.59. The number of piperidine rings is 2. The third kappa shape index (κ3) is 2.53. The number of hydrogen-bond donors (Lipinski definition) is 1. The van der Waals surface area contributed by atoms with Crippen LogP contribution in [0.3, 0.4) is 0 Å². The lowest BCUT2D eigenvalue weighted by molar-refractivity contribution is 0.00292. The second kappa shape index (κ2) is 4.20. The number of carbonyl (C=O) groups excluding carboxylic acids is 1. The van der Waals surface area contributed by atoms with E-state index in [-0.39, 0.29) is 18.1 Å². The third-order valence-electron chi connectivity index (χ3n) is 3.38. The van der Waals surface area contributed by atoms with E-state index in [1.54, 1.807) is 4.90 Å². The Balaban J connectivity index is 2.03. The molecule has 2 aliphatic heterocycles. The summed E-state index contributed by atoms with van der Waals surface area (Å²) in [4.78, 5) is 13.8. The van der Waals surface area contributed by atoms with Crippen LogP contribution >= 0.6 is 0 Å². The maximum absolute atomic E-state index is 12.0. The Morgan fingerprint density at radius 2 is 2.18 bits per heavy atom. The Kier molecular flexibility index (Phi) is 3.02. The fourth-order valence-corrected chi connectivity index (χ4v) is 2.59. The molecule has 0 aromatic rings. The van der Waals surface area contributed by atoms with Gasteiger partial charge in [0.2, 0.25) is 0 Å². The summed E-state index contributed by atoms with van der Waals surface area (Å²) in [5.41, 5.74) is 0.378. The molecule has 1 amide bonds. The molecule has 2 saturated heterocycles. The molecular formula is C12H20N2O3. The highest BCUT2D eigenvalue weighted by molar-refractivity contribution is 5.90. The van der Waals surface area contributed by atoms with E-state index in [9.17, 15) is 4.79 Å². The zero-order valence-electron chi connectivity index (χ0n) is 10.6. The number of amides is 1. The van der Waals surface area contributed by atoms with E-state index in [1.807, 2.05) is 20.8 Å². The van der Waals surface area contributed by atoms with Gasteiger partial charge >= 0.3 is 6.09 Å². The topological polar surface area (TPSA) is 62.1 Å². The number of oxime groups is 1. The molecule has 5 heteroatoms. The van der Waals surface area contributed by atoms with Crippen molar-refractivity contribution in [2.45, 2.75) is 51.7 Å².